The molecule has 8 heteroatoms. The Morgan fingerprint density at radius 1 is 0.211 bits per heavy atom. The Bertz CT molecular complexity index is 2640. The SMILES string of the molecule is CCCCC/C=C\C/C=C\CCCCCCCCC(OC(=O)CCCCN(C)C)C(O)(CCCCCCCC/C=C\C/C=C\CCCCC)CCCCCCCC/C=C\C/C=C\CCCCC.CCCCC/C=C\C/C=C\CCCCCCCCC(OC(=O)CCCN(C)C)C(O)(CCCCCCCC/C=C\C/C=C\CCCCC)CCCCCCCC/C=C\C/C=C\CCCCC. The molecule has 0 fully saturated rings. The lowest BCUT2D eigenvalue weighted by Crippen LogP contribution is -2.45. The van der Waals surface area contributed by atoms with Crippen molar-refractivity contribution in [1.82, 2.24) is 9.80 Å². The highest BCUT2D eigenvalue weighted by molar-refractivity contribution is 5.70. The van der Waals surface area contributed by atoms with E-state index in [0.29, 0.717) is 12.8 Å². The minimum absolute atomic E-state index is 0.115. The third-order valence-electron chi connectivity index (χ3n) is 26.5. The van der Waals surface area contributed by atoms with Crippen molar-refractivity contribution in [1.29, 1.82) is 0 Å². The molecule has 0 amide bonds. The van der Waals surface area contributed by atoms with Gasteiger partial charge in [0.15, 0.2) is 0 Å². The zero-order valence-corrected chi connectivity index (χ0v) is 90.5. The van der Waals surface area contributed by atoms with Crippen molar-refractivity contribution < 1.29 is 29.3 Å². The van der Waals surface area contributed by atoms with Gasteiger partial charge in [-0.25, -0.2) is 0 Å². The lowest BCUT2D eigenvalue weighted by molar-refractivity contribution is -0.170. The maximum Gasteiger partial charge on any atom is 0.306 e. The second-order valence-electron chi connectivity index (χ2n) is 40.4. The van der Waals surface area contributed by atoms with Crippen LogP contribution < -0.4 is 0 Å². The Kier molecular flexibility index (Phi) is 108. The highest BCUT2D eigenvalue weighted by Crippen LogP contribution is 2.35. The van der Waals surface area contributed by atoms with Gasteiger partial charge in [0.25, 0.3) is 0 Å². The van der Waals surface area contributed by atoms with Crippen LogP contribution in [-0.4, -0.2) is 96.6 Å². The minimum atomic E-state index is -0.946. The van der Waals surface area contributed by atoms with Gasteiger partial charge in [0, 0.05) is 12.8 Å². The first kappa shape index (κ1) is 131. The third kappa shape index (κ3) is 102. The standard InChI is InChI=1S/C63H115NO3.C62H113NO3/c1-6-9-12-15-18-21-24-27-30-33-36-39-42-45-48-51-56-61(67-62(65)57-52-55-60-64(4)5)63(66,58-53-49-46-43-40-37-34-31-28-25-22-19-16-13-10-7-2)59-54-50-47-44-41-38-35-32-29-26-23-20-17-14-11-8-3;1-6-9-12-15-18-21-24-27-30-33-36-39-42-45-48-51-55-60(66-61(64)56-54-59-63(4)5)62(65,57-52-49-46-43-40-37-34-31-28-25-22-19-16-13-10-7-2)58-53-50-47-44-41-38-35-32-29-26-23-20-17-14-11-8-3/h18-23,27-32,61,66H,6-17,24-26,33-60H2,1-5H3;18-23,27-32,60,65H,6-17,24-26,33-59H2,1-5H3/b2*21-18-,22-19-,23-20-,30-27-,31-28-,32-29-. The molecule has 0 aliphatic carbocycles. The normalized spacial score (nSPS) is 13.2. The average molecular weight is 1860 g/mol. The predicted octanol–water partition coefficient (Wildman–Crippen LogP) is 39.6. The number of hydrogen-bond acceptors (Lipinski definition) is 8. The fourth-order valence-electron chi connectivity index (χ4n) is 17.8. The molecule has 0 aliphatic heterocycles. The summed E-state index contributed by atoms with van der Waals surface area (Å²) < 4.78 is 12.7. The van der Waals surface area contributed by atoms with Crippen molar-refractivity contribution in [2.24, 2.45) is 0 Å². The van der Waals surface area contributed by atoms with E-state index in [1.165, 1.54) is 347 Å². The Morgan fingerprint density at radius 3 is 0.571 bits per heavy atom. The number of hydrogen-bond donors (Lipinski definition) is 2. The number of carbonyl (C=O) groups excluding carboxylic acids is 2. The van der Waals surface area contributed by atoms with Crippen LogP contribution in [0.25, 0.3) is 0 Å². The van der Waals surface area contributed by atoms with E-state index in [1.807, 2.05) is 0 Å². The Morgan fingerprint density at radius 2 is 0.376 bits per heavy atom. The van der Waals surface area contributed by atoms with Crippen LogP contribution in [0.3, 0.4) is 0 Å². The largest absolute Gasteiger partial charge is 0.459 e. The molecule has 0 spiro atoms. The second-order valence-corrected chi connectivity index (χ2v) is 40.4. The molecule has 0 radical (unpaired) electrons. The fourth-order valence-corrected chi connectivity index (χ4v) is 17.8. The van der Waals surface area contributed by atoms with Gasteiger partial charge in [-0.2, -0.15) is 0 Å². The van der Waals surface area contributed by atoms with Crippen molar-refractivity contribution in [2.75, 3.05) is 41.3 Å². The lowest BCUT2D eigenvalue weighted by Gasteiger charge is -2.36. The zero-order valence-electron chi connectivity index (χ0n) is 90.5. The van der Waals surface area contributed by atoms with E-state index in [9.17, 15) is 19.8 Å². The molecular weight excluding hydrogens is 1630 g/mol. The van der Waals surface area contributed by atoms with E-state index in [4.69, 9.17) is 9.47 Å². The lowest BCUT2D eigenvalue weighted by atomic mass is 9.82. The minimum Gasteiger partial charge on any atom is -0.459 e. The summed E-state index contributed by atoms with van der Waals surface area (Å²) in [6, 6.07) is 0. The maximum atomic E-state index is 13.4. The topological polar surface area (TPSA) is 99.5 Å². The highest BCUT2D eigenvalue weighted by Gasteiger charge is 2.40. The van der Waals surface area contributed by atoms with E-state index in [0.717, 1.165) is 186 Å². The summed E-state index contributed by atoms with van der Waals surface area (Å²) in [4.78, 5) is 31.0. The molecule has 0 heterocycles. The van der Waals surface area contributed by atoms with Crippen LogP contribution in [0.2, 0.25) is 0 Å². The van der Waals surface area contributed by atoms with Crippen molar-refractivity contribution in [3.63, 3.8) is 0 Å². The first-order valence-electron chi connectivity index (χ1n) is 58.2. The van der Waals surface area contributed by atoms with Crippen molar-refractivity contribution in [3.05, 3.63) is 146 Å². The van der Waals surface area contributed by atoms with E-state index in [-0.39, 0.29) is 11.9 Å². The average Bonchev–Trinajstić information content (AvgIpc) is 0.843. The number of carbonyl (C=O) groups is 2. The number of nitrogens with zero attached hydrogens (tertiary/aromatic N) is 2. The summed E-state index contributed by atoms with van der Waals surface area (Å²) in [5.41, 5.74) is -1.89. The third-order valence-corrected chi connectivity index (χ3v) is 26.5. The van der Waals surface area contributed by atoms with Gasteiger partial charge in [0.05, 0.1) is 0 Å². The van der Waals surface area contributed by atoms with Gasteiger partial charge in [-0.05, 0) is 305 Å². The van der Waals surface area contributed by atoms with E-state index >= 15 is 0 Å². The molecule has 0 aromatic rings. The molecule has 2 unspecified atom stereocenters. The molecule has 8 nitrogen and oxygen atoms in total. The molecular formula is C125H228N2O6. The van der Waals surface area contributed by atoms with E-state index < -0.39 is 23.4 Å². The molecule has 0 bridgehead atoms. The summed E-state index contributed by atoms with van der Waals surface area (Å²) in [5, 5.41) is 25.2. The number of ether oxygens (including phenoxy) is 2. The predicted molar refractivity (Wildman–Crippen MR) is 594 cm³/mol. The molecule has 2 atom stereocenters. The van der Waals surface area contributed by atoms with Gasteiger partial charge < -0.3 is 29.5 Å². The molecule has 774 valence electrons. The van der Waals surface area contributed by atoms with Crippen LogP contribution >= 0.6 is 0 Å². The Hall–Kier alpha value is -4.34. The van der Waals surface area contributed by atoms with Crippen LogP contribution in [0.1, 0.15) is 574 Å². The Balaban J connectivity index is 0. The quantitative estimate of drug-likeness (QED) is 0.0353. The molecule has 0 aromatic carbocycles. The van der Waals surface area contributed by atoms with Crippen molar-refractivity contribution >= 4 is 11.9 Å². The van der Waals surface area contributed by atoms with Crippen molar-refractivity contribution in [2.45, 2.75) is 598 Å². The molecule has 0 aromatic heterocycles. The second kappa shape index (κ2) is 110. The zero-order chi connectivity index (χ0) is 97.0. The molecule has 133 heavy (non-hydrogen) atoms. The van der Waals surface area contributed by atoms with E-state index in [2.05, 4.69) is 225 Å². The van der Waals surface area contributed by atoms with Crippen molar-refractivity contribution in [3.8, 4) is 0 Å². The van der Waals surface area contributed by atoms with Crippen LogP contribution in [0.15, 0.2) is 146 Å². The summed E-state index contributed by atoms with van der Waals surface area (Å²) in [7, 11) is 8.28. The van der Waals surface area contributed by atoms with Gasteiger partial charge in [0.1, 0.15) is 23.4 Å². The number of allylic oxidation sites excluding steroid dienone is 24. The molecule has 0 saturated carbocycles. The van der Waals surface area contributed by atoms with E-state index in [1.54, 1.807) is 0 Å². The number of esters is 2. The first-order chi connectivity index (χ1) is 65.3. The summed E-state index contributed by atoms with van der Waals surface area (Å²) in [6.07, 6.45) is 151. The van der Waals surface area contributed by atoms with Gasteiger partial charge in [0.2, 0.25) is 0 Å². The molecule has 0 rings (SSSR count). The summed E-state index contributed by atoms with van der Waals surface area (Å²) in [6.45, 7) is 15.4. The van der Waals surface area contributed by atoms with Crippen LogP contribution in [-0.2, 0) is 19.1 Å². The summed E-state index contributed by atoms with van der Waals surface area (Å²) in [5.74, 6) is -0.245. The fraction of sp³-hybridized carbons (Fsp3) is 0.792. The molecule has 2 N–H and O–H groups in total. The van der Waals surface area contributed by atoms with Gasteiger partial charge >= 0.3 is 11.9 Å². The van der Waals surface area contributed by atoms with Gasteiger partial charge in [-0.15, -0.1) is 0 Å². The van der Waals surface area contributed by atoms with Gasteiger partial charge in [-0.3, -0.25) is 9.59 Å². The summed E-state index contributed by atoms with van der Waals surface area (Å²) >= 11 is 0. The first-order valence-corrected chi connectivity index (χ1v) is 58.2. The maximum absolute atomic E-state index is 13.4. The molecule has 0 aliphatic rings. The monoisotopic (exact) mass is 1850 g/mol. The molecule has 0 saturated heterocycles. The highest BCUT2D eigenvalue weighted by atomic mass is 16.6. The van der Waals surface area contributed by atoms with Crippen LogP contribution in [0, 0.1) is 0 Å². The van der Waals surface area contributed by atoms with Gasteiger partial charge in [-0.1, -0.05) is 444 Å². The van der Waals surface area contributed by atoms with Crippen LogP contribution in [0.4, 0.5) is 0 Å². The number of unbranched alkanes of at least 4 members (excludes halogenated alkanes) is 55. The number of rotatable bonds is 103. The number of aliphatic hydroxyl groups is 2. The van der Waals surface area contributed by atoms with Crippen LogP contribution in [0.5, 0.6) is 0 Å². The smallest absolute Gasteiger partial charge is 0.306 e. The Labute approximate surface area is 830 Å².